The fourth-order valence-electron chi connectivity index (χ4n) is 2.02. The van der Waals surface area contributed by atoms with Crippen molar-refractivity contribution in [3.63, 3.8) is 0 Å². The summed E-state index contributed by atoms with van der Waals surface area (Å²) in [4.78, 5) is 14.1. The molecule has 4 heteroatoms. The van der Waals surface area contributed by atoms with Crippen molar-refractivity contribution in [3.05, 3.63) is 0 Å². The van der Waals surface area contributed by atoms with E-state index in [0.29, 0.717) is 12.1 Å². The lowest BCUT2D eigenvalue weighted by molar-refractivity contribution is -0.123. The predicted molar refractivity (Wildman–Crippen MR) is 66.4 cm³/mol. The lowest BCUT2D eigenvalue weighted by Crippen LogP contribution is -2.50. The van der Waals surface area contributed by atoms with E-state index in [2.05, 4.69) is 29.4 Å². The number of likely N-dealkylation sites (tertiary alicyclic amines) is 1. The molecule has 1 atom stereocenters. The summed E-state index contributed by atoms with van der Waals surface area (Å²) in [6, 6.07) is 0.884. The number of nitrogens with zero attached hydrogens (tertiary/aromatic N) is 1. The molecule has 1 amide bonds. The Morgan fingerprint density at radius 1 is 1.25 bits per heavy atom. The third kappa shape index (κ3) is 3.76. The Morgan fingerprint density at radius 3 is 2.25 bits per heavy atom. The minimum Gasteiger partial charge on any atom is -0.352 e. The number of hydrogen-bond acceptors (Lipinski definition) is 3. The topological polar surface area (TPSA) is 44.4 Å². The summed E-state index contributed by atoms with van der Waals surface area (Å²) in [7, 11) is 1.81. The fourth-order valence-corrected chi connectivity index (χ4v) is 2.02. The van der Waals surface area contributed by atoms with Gasteiger partial charge in [0.1, 0.15) is 0 Å². The van der Waals surface area contributed by atoms with Gasteiger partial charge in [-0.3, -0.25) is 4.79 Å². The monoisotopic (exact) mass is 227 g/mol. The minimum atomic E-state index is -0.0943. The molecule has 4 nitrogen and oxygen atoms in total. The molecule has 1 rings (SSSR count). The quantitative estimate of drug-likeness (QED) is 0.738. The number of nitrogens with one attached hydrogen (secondary N) is 2. The van der Waals surface area contributed by atoms with Crippen LogP contribution in [0.3, 0.4) is 0 Å². The highest BCUT2D eigenvalue weighted by Gasteiger charge is 2.23. The van der Waals surface area contributed by atoms with Crippen molar-refractivity contribution in [2.75, 3.05) is 20.1 Å². The van der Waals surface area contributed by atoms with Gasteiger partial charge in [-0.2, -0.15) is 0 Å². The molecule has 1 saturated heterocycles. The van der Waals surface area contributed by atoms with Crippen molar-refractivity contribution in [2.45, 2.75) is 51.7 Å². The molecule has 0 saturated carbocycles. The molecule has 1 fully saturated rings. The summed E-state index contributed by atoms with van der Waals surface area (Å²) in [6.07, 6.45) is 2.14. The Bertz CT molecular complexity index is 222. The van der Waals surface area contributed by atoms with E-state index >= 15 is 0 Å². The van der Waals surface area contributed by atoms with Crippen molar-refractivity contribution in [1.29, 1.82) is 0 Å². The van der Waals surface area contributed by atoms with Gasteiger partial charge in [-0.15, -0.1) is 0 Å². The molecule has 1 heterocycles. The van der Waals surface area contributed by atoms with Gasteiger partial charge in [0.25, 0.3) is 0 Å². The molecule has 0 aromatic carbocycles. The average Bonchev–Trinajstić information content (AvgIpc) is 2.28. The van der Waals surface area contributed by atoms with E-state index in [-0.39, 0.29) is 11.9 Å². The first kappa shape index (κ1) is 13.5. The van der Waals surface area contributed by atoms with Gasteiger partial charge >= 0.3 is 0 Å². The van der Waals surface area contributed by atoms with Gasteiger partial charge in [0.05, 0.1) is 6.04 Å². The van der Waals surface area contributed by atoms with Crippen LogP contribution in [0, 0.1) is 0 Å². The van der Waals surface area contributed by atoms with Gasteiger partial charge in [-0.1, -0.05) is 0 Å². The summed E-state index contributed by atoms with van der Waals surface area (Å²) in [5.41, 5.74) is 0. The maximum atomic E-state index is 11.7. The van der Waals surface area contributed by atoms with Crippen LogP contribution in [0.25, 0.3) is 0 Å². The van der Waals surface area contributed by atoms with E-state index in [1.54, 1.807) is 0 Å². The van der Waals surface area contributed by atoms with Crippen LogP contribution < -0.4 is 10.6 Å². The second kappa shape index (κ2) is 6.21. The Kier molecular flexibility index (Phi) is 5.22. The molecule has 94 valence electrons. The van der Waals surface area contributed by atoms with Crippen molar-refractivity contribution < 1.29 is 4.79 Å². The molecule has 0 radical (unpaired) electrons. The first-order valence-electron chi connectivity index (χ1n) is 6.26. The lowest BCUT2D eigenvalue weighted by Gasteiger charge is -2.35. The maximum Gasteiger partial charge on any atom is 0.237 e. The molecular weight excluding hydrogens is 202 g/mol. The van der Waals surface area contributed by atoms with Crippen LogP contribution in [-0.4, -0.2) is 49.1 Å². The third-order valence-corrected chi connectivity index (χ3v) is 3.43. The first-order valence-corrected chi connectivity index (χ1v) is 6.26. The highest BCUT2D eigenvalue weighted by molar-refractivity contribution is 5.81. The van der Waals surface area contributed by atoms with Crippen LogP contribution in [0.2, 0.25) is 0 Å². The van der Waals surface area contributed by atoms with Gasteiger partial charge in [0.15, 0.2) is 0 Å². The number of piperidine rings is 1. The van der Waals surface area contributed by atoms with Crippen molar-refractivity contribution >= 4 is 5.91 Å². The Morgan fingerprint density at radius 2 is 1.81 bits per heavy atom. The Hall–Kier alpha value is -0.610. The van der Waals surface area contributed by atoms with Crippen molar-refractivity contribution in [3.8, 4) is 0 Å². The van der Waals surface area contributed by atoms with Crippen molar-refractivity contribution in [2.24, 2.45) is 0 Å². The average molecular weight is 227 g/mol. The second-order valence-electron chi connectivity index (χ2n) is 4.92. The van der Waals surface area contributed by atoms with Crippen LogP contribution in [0.5, 0.6) is 0 Å². The van der Waals surface area contributed by atoms with Crippen LogP contribution in [-0.2, 0) is 4.79 Å². The summed E-state index contributed by atoms with van der Waals surface area (Å²) in [5, 5.41) is 6.06. The first-order chi connectivity index (χ1) is 7.54. The molecule has 0 aromatic heterocycles. The van der Waals surface area contributed by atoms with E-state index in [4.69, 9.17) is 0 Å². The van der Waals surface area contributed by atoms with Crippen molar-refractivity contribution in [1.82, 2.24) is 15.5 Å². The normalized spacial score (nSPS) is 21.1. The highest BCUT2D eigenvalue weighted by atomic mass is 16.2. The van der Waals surface area contributed by atoms with Crippen LogP contribution in [0.1, 0.15) is 33.6 Å². The zero-order valence-electron chi connectivity index (χ0n) is 10.9. The van der Waals surface area contributed by atoms with E-state index < -0.39 is 0 Å². The summed E-state index contributed by atoms with van der Waals surface area (Å²) < 4.78 is 0. The third-order valence-electron chi connectivity index (χ3n) is 3.43. The van der Waals surface area contributed by atoms with E-state index in [1.807, 2.05) is 14.0 Å². The van der Waals surface area contributed by atoms with Gasteiger partial charge in [-0.05, 0) is 40.7 Å². The molecule has 0 bridgehead atoms. The molecular formula is C12H25N3O. The summed E-state index contributed by atoms with van der Waals surface area (Å²) in [5.74, 6) is 0.116. The number of likely N-dealkylation sites (N-methyl/N-ethyl adjacent to an activating group) is 1. The molecule has 1 aliphatic heterocycles. The maximum absolute atomic E-state index is 11.7. The van der Waals surface area contributed by atoms with Gasteiger partial charge in [0.2, 0.25) is 5.91 Å². The van der Waals surface area contributed by atoms with E-state index in [0.717, 1.165) is 25.9 Å². The highest BCUT2D eigenvalue weighted by Crippen LogP contribution is 2.12. The molecule has 0 aromatic rings. The Labute approximate surface area is 98.8 Å². The molecule has 2 N–H and O–H groups in total. The molecule has 16 heavy (non-hydrogen) atoms. The van der Waals surface area contributed by atoms with Crippen LogP contribution in [0.4, 0.5) is 0 Å². The van der Waals surface area contributed by atoms with Gasteiger partial charge < -0.3 is 15.5 Å². The van der Waals surface area contributed by atoms with Gasteiger partial charge in [-0.25, -0.2) is 0 Å². The number of carbonyl (C=O) groups is 1. The molecule has 0 spiro atoms. The largest absolute Gasteiger partial charge is 0.352 e. The Balaban J connectivity index is 2.29. The van der Waals surface area contributed by atoms with Crippen LogP contribution >= 0.6 is 0 Å². The minimum absolute atomic E-state index is 0.0943. The number of carbonyl (C=O) groups excluding carboxylic acids is 1. The smallest absolute Gasteiger partial charge is 0.237 e. The second-order valence-corrected chi connectivity index (χ2v) is 4.92. The SMILES string of the molecule is CNC(C)C(=O)NC1CCN(C(C)C)CC1. The standard InChI is InChI=1S/C12H25N3O/c1-9(2)15-7-5-11(6-8-15)14-12(16)10(3)13-4/h9-11,13H,5-8H2,1-4H3,(H,14,16). The number of rotatable bonds is 4. The van der Waals surface area contributed by atoms with Crippen LogP contribution in [0.15, 0.2) is 0 Å². The number of amides is 1. The summed E-state index contributed by atoms with van der Waals surface area (Å²) >= 11 is 0. The molecule has 1 unspecified atom stereocenters. The van der Waals surface area contributed by atoms with E-state index in [1.165, 1.54) is 0 Å². The molecule has 0 aliphatic carbocycles. The molecule has 1 aliphatic rings. The zero-order chi connectivity index (χ0) is 12.1. The van der Waals surface area contributed by atoms with Gasteiger partial charge in [0, 0.05) is 25.2 Å². The predicted octanol–water partition coefficient (Wildman–Crippen LogP) is 0.583. The fraction of sp³-hybridized carbons (Fsp3) is 0.917. The summed E-state index contributed by atoms with van der Waals surface area (Å²) in [6.45, 7) is 8.52. The number of hydrogen-bond donors (Lipinski definition) is 2. The lowest BCUT2D eigenvalue weighted by atomic mass is 10.0. The zero-order valence-corrected chi connectivity index (χ0v) is 10.9. The van der Waals surface area contributed by atoms with E-state index in [9.17, 15) is 4.79 Å².